The molecular weight excluding hydrogens is 354 g/mol. The summed E-state index contributed by atoms with van der Waals surface area (Å²) < 4.78 is 10.4. The number of carbonyl (C=O) groups is 1. The van der Waals surface area contributed by atoms with Gasteiger partial charge in [-0.15, -0.1) is 0 Å². The molecule has 0 saturated carbocycles. The molecule has 0 unspecified atom stereocenters. The van der Waals surface area contributed by atoms with E-state index in [1.54, 1.807) is 44.6 Å². The van der Waals surface area contributed by atoms with Crippen LogP contribution in [-0.4, -0.2) is 31.8 Å². The Balaban J connectivity index is 1.56. The summed E-state index contributed by atoms with van der Waals surface area (Å²) in [5, 5.41) is 12.3. The van der Waals surface area contributed by atoms with Crippen LogP contribution >= 0.6 is 0 Å². The van der Waals surface area contributed by atoms with Crippen molar-refractivity contribution in [3.8, 4) is 28.4 Å². The van der Waals surface area contributed by atoms with Crippen LogP contribution in [0.1, 0.15) is 15.9 Å². The van der Waals surface area contributed by atoms with E-state index in [2.05, 4.69) is 5.32 Å². The lowest BCUT2D eigenvalue weighted by Gasteiger charge is -2.10. The zero-order valence-corrected chi connectivity index (χ0v) is 15.9. The van der Waals surface area contributed by atoms with Gasteiger partial charge in [0.1, 0.15) is 5.75 Å². The summed E-state index contributed by atoms with van der Waals surface area (Å²) >= 11 is 0. The van der Waals surface area contributed by atoms with Crippen LogP contribution in [0, 0.1) is 0 Å². The number of benzene rings is 3. The van der Waals surface area contributed by atoms with Crippen LogP contribution in [0.25, 0.3) is 11.1 Å². The highest BCUT2D eigenvalue weighted by Crippen LogP contribution is 2.27. The molecule has 0 saturated heterocycles. The Kier molecular flexibility index (Phi) is 6.17. The van der Waals surface area contributed by atoms with Gasteiger partial charge >= 0.3 is 0 Å². The molecule has 1 amide bonds. The van der Waals surface area contributed by atoms with E-state index < -0.39 is 0 Å². The lowest BCUT2D eigenvalue weighted by molar-refractivity contribution is 0.0953. The lowest BCUT2D eigenvalue weighted by Crippen LogP contribution is -2.25. The van der Waals surface area contributed by atoms with E-state index in [1.165, 1.54) is 0 Å². The van der Waals surface area contributed by atoms with Gasteiger partial charge in [-0.2, -0.15) is 0 Å². The standard InChI is InChI=1S/C23H23NO4/c1-27-21-12-9-19(15-22(21)28-2)23(26)24-14-13-16-3-5-17(6-4-16)18-7-10-20(25)11-8-18/h3-12,15,25H,13-14H2,1-2H3,(H,24,26). The van der Waals surface area contributed by atoms with Gasteiger partial charge in [0.15, 0.2) is 11.5 Å². The molecule has 0 radical (unpaired) electrons. The van der Waals surface area contributed by atoms with E-state index in [0.29, 0.717) is 23.6 Å². The first kappa shape index (κ1) is 19.3. The zero-order valence-electron chi connectivity index (χ0n) is 15.9. The van der Waals surface area contributed by atoms with Gasteiger partial charge in [0, 0.05) is 12.1 Å². The molecule has 0 aliphatic heterocycles. The Hall–Kier alpha value is -3.47. The molecule has 144 valence electrons. The molecular formula is C23H23NO4. The number of hydrogen-bond donors (Lipinski definition) is 2. The molecule has 5 nitrogen and oxygen atoms in total. The van der Waals surface area contributed by atoms with Gasteiger partial charge < -0.3 is 19.9 Å². The van der Waals surface area contributed by atoms with E-state index in [1.807, 2.05) is 36.4 Å². The summed E-state index contributed by atoms with van der Waals surface area (Å²) in [5.41, 5.74) is 3.79. The molecule has 0 fully saturated rings. The maximum atomic E-state index is 12.3. The van der Waals surface area contributed by atoms with E-state index in [-0.39, 0.29) is 11.7 Å². The number of hydrogen-bond acceptors (Lipinski definition) is 4. The van der Waals surface area contributed by atoms with Crippen molar-refractivity contribution in [1.29, 1.82) is 0 Å². The number of aromatic hydroxyl groups is 1. The summed E-state index contributed by atoms with van der Waals surface area (Å²) in [6.07, 6.45) is 0.731. The van der Waals surface area contributed by atoms with Crippen LogP contribution in [0.4, 0.5) is 0 Å². The number of rotatable bonds is 7. The van der Waals surface area contributed by atoms with E-state index in [4.69, 9.17) is 9.47 Å². The molecule has 2 N–H and O–H groups in total. The predicted molar refractivity (Wildman–Crippen MR) is 109 cm³/mol. The summed E-state index contributed by atoms with van der Waals surface area (Å²) in [5.74, 6) is 1.22. The first-order valence-electron chi connectivity index (χ1n) is 8.99. The molecule has 3 aromatic rings. The Morgan fingerprint density at radius 1 is 0.857 bits per heavy atom. The van der Waals surface area contributed by atoms with E-state index in [9.17, 15) is 9.90 Å². The summed E-state index contributed by atoms with van der Waals surface area (Å²) in [6, 6.07) is 20.4. The van der Waals surface area contributed by atoms with E-state index in [0.717, 1.165) is 23.1 Å². The largest absolute Gasteiger partial charge is 0.508 e. The van der Waals surface area contributed by atoms with Gasteiger partial charge in [0.05, 0.1) is 14.2 Å². The number of ether oxygens (including phenoxy) is 2. The third-order valence-electron chi connectivity index (χ3n) is 4.50. The minimum Gasteiger partial charge on any atom is -0.508 e. The van der Waals surface area contributed by atoms with E-state index >= 15 is 0 Å². The van der Waals surface area contributed by atoms with Crippen LogP contribution in [0.15, 0.2) is 66.7 Å². The Labute approximate surface area is 164 Å². The lowest BCUT2D eigenvalue weighted by atomic mass is 10.0. The number of phenols is 1. The minimum absolute atomic E-state index is 0.151. The van der Waals surface area contributed by atoms with Gasteiger partial charge in [-0.3, -0.25) is 4.79 Å². The fourth-order valence-electron chi connectivity index (χ4n) is 2.92. The first-order valence-corrected chi connectivity index (χ1v) is 8.99. The van der Waals surface area contributed by atoms with Gasteiger partial charge in [-0.1, -0.05) is 36.4 Å². The maximum Gasteiger partial charge on any atom is 0.251 e. The Morgan fingerprint density at radius 2 is 1.46 bits per heavy atom. The quantitative estimate of drug-likeness (QED) is 0.652. The minimum atomic E-state index is -0.151. The summed E-state index contributed by atoms with van der Waals surface area (Å²) in [7, 11) is 3.10. The van der Waals surface area contributed by atoms with Crippen LogP contribution < -0.4 is 14.8 Å². The Bertz CT molecular complexity index is 934. The van der Waals surface area contributed by atoms with Crippen molar-refractivity contribution >= 4 is 5.91 Å². The highest BCUT2D eigenvalue weighted by molar-refractivity contribution is 5.94. The zero-order chi connectivity index (χ0) is 19.9. The van der Waals surface area contributed by atoms with Crippen LogP contribution in [0.3, 0.4) is 0 Å². The average Bonchev–Trinajstić information content (AvgIpc) is 2.74. The van der Waals surface area contributed by atoms with Gasteiger partial charge in [0.2, 0.25) is 0 Å². The normalized spacial score (nSPS) is 10.4. The van der Waals surface area contributed by atoms with Crippen molar-refractivity contribution in [2.45, 2.75) is 6.42 Å². The van der Waals surface area contributed by atoms with Crippen LogP contribution in [0.2, 0.25) is 0 Å². The molecule has 5 heteroatoms. The molecule has 0 aromatic heterocycles. The Morgan fingerprint density at radius 3 is 2.07 bits per heavy atom. The second-order valence-electron chi connectivity index (χ2n) is 6.32. The number of carbonyl (C=O) groups excluding carboxylic acids is 1. The van der Waals surface area contributed by atoms with Crippen molar-refractivity contribution in [1.82, 2.24) is 5.32 Å². The number of methoxy groups -OCH3 is 2. The van der Waals surface area contributed by atoms with Gasteiger partial charge in [0.25, 0.3) is 5.91 Å². The second kappa shape index (κ2) is 8.95. The predicted octanol–water partition coefficient (Wildman–Crippen LogP) is 4.05. The van der Waals surface area contributed by atoms with Crippen LogP contribution in [0.5, 0.6) is 17.2 Å². The molecule has 0 heterocycles. The highest BCUT2D eigenvalue weighted by Gasteiger charge is 2.10. The molecule has 3 aromatic carbocycles. The maximum absolute atomic E-state index is 12.3. The molecule has 0 spiro atoms. The smallest absolute Gasteiger partial charge is 0.251 e. The summed E-state index contributed by atoms with van der Waals surface area (Å²) in [4.78, 5) is 12.3. The number of nitrogens with one attached hydrogen (secondary N) is 1. The van der Waals surface area contributed by atoms with Crippen LogP contribution in [-0.2, 0) is 6.42 Å². The first-order chi connectivity index (χ1) is 13.6. The second-order valence-corrected chi connectivity index (χ2v) is 6.32. The molecule has 0 aliphatic carbocycles. The van der Waals surface area contributed by atoms with Crippen molar-refractivity contribution in [2.75, 3.05) is 20.8 Å². The fourth-order valence-corrected chi connectivity index (χ4v) is 2.92. The molecule has 3 rings (SSSR count). The topological polar surface area (TPSA) is 67.8 Å². The third-order valence-corrected chi connectivity index (χ3v) is 4.50. The van der Waals surface area contributed by atoms with Crippen molar-refractivity contribution in [2.24, 2.45) is 0 Å². The number of phenolic OH excluding ortho intramolecular Hbond substituents is 1. The summed E-state index contributed by atoms with van der Waals surface area (Å²) in [6.45, 7) is 0.533. The van der Waals surface area contributed by atoms with Gasteiger partial charge in [-0.25, -0.2) is 0 Å². The molecule has 28 heavy (non-hydrogen) atoms. The van der Waals surface area contributed by atoms with Crippen molar-refractivity contribution in [3.63, 3.8) is 0 Å². The average molecular weight is 377 g/mol. The molecule has 0 atom stereocenters. The molecule has 0 aliphatic rings. The SMILES string of the molecule is COc1ccc(C(=O)NCCc2ccc(-c3ccc(O)cc3)cc2)cc1OC. The van der Waals surface area contributed by atoms with Crippen molar-refractivity contribution < 1.29 is 19.4 Å². The highest BCUT2D eigenvalue weighted by atomic mass is 16.5. The monoisotopic (exact) mass is 377 g/mol. The third kappa shape index (κ3) is 4.62. The molecule has 0 bridgehead atoms. The van der Waals surface area contributed by atoms with Gasteiger partial charge in [-0.05, 0) is 53.4 Å². The number of amides is 1. The van der Waals surface area contributed by atoms with Crippen molar-refractivity contribution in [3.05, 3.63) is 77.9 Å². The fraction of sp³-hybridized carbons (Fsp3) is 0.174.